The summed E-state index contributed by atoms with van der Waals surface area (Å²) in [6.45, 7) is 3.84. The number of rotatable bonds is 5. The lowest BCUT2D eigenvalue weighted by atomic mass is 10.2. The molecule has 7 nitrogen and oxygen atoms in total. The third-order valence-electron chi connectivity index (χ3n) is 4.35. The van der Waals surface area contributed by atoms with Gasteiger partial charge in [0.25, 0.3) is 5.91 Å². The molecule has 0 aliphatic carbocycles. The van der Waals surface area contributed by atoms with Crippen molar-refractivity contribution in [2.75, 3.05) is 0 Å². The van der Waals surface area contributed by atoms with Crippen LogP contribution in [0.25, 0.3) is 5.69 Å². The number of hydrogen-bond donors (Lipinski definition) is 2. The van der Waals surface area contributed by atoms with Gasteiger partial charge in [-0.1, -0.05) is 22.0 Å². The van der Waals surface area contributed by atoms with Gasteiger partial charge in [0.1, 0.15) is 0 Å². The van der Waals surface area contributed by atoms with Crippen molar-refractivity contribution in [2.24, 2.45) is 10.2 Å². The topological polar surface area (TPSA) is 107 Å². The molecule has 0 saturated heterocycles. The fourth-order valence-corrected chi connectivity index (χ4v) is 3.87. The summed E-state index contributed by atoms with van der Waals surface area (Å²) < 4.78 is 25.6. The Morgan fingerprint density at radius 2 is 1.83 bits per heavy atom. The van der Waals surface area contributed by atoms with Crippen LogP contribution in [-0.4, -0.2) is 25.1 Å². The summed E-state index contributed by atoms with van der Waals surface area (Å²) in [5.41, 5.74) is 6.46. The maximum atomic E-state index is 12.2. The zero-order chi connectivity index (χ0) is 21.2. The van der Waals surface area contributed by atoms with Gasteiger partial charge in [-0.2, -0.15) is 5.10 Å². The van der Waals surface area contributed by atoms with Gasteiger partial charge in [0.2, 0.25) is 10.0 Å². The lowest BCUT2D eigenvalue weighted by molar-refractivity contribution is 0.0955. The number of sulfonamides is 1. The predicted molar refractivity (Wildman–Crippen MR) is 116 cm³/mol. The van der Waals surface area contributed by atoms with Crippen molar-refractivity contribution in [2.45, 2.75) is 18.7 Å². The van der Waals surface area contributed by atoms with Gasteiger partial charge in [-0.3, -0.25) is 4.79 Å². The molecule has 0 bridgehead atoms. The molecule has 0 atom stereocenters. The van der Waals surface area contributed by atoms with Crippen LogP contribution in [0, 0.1) is 13.8 Å². The Morgan fingerprint density at radius 1 is 1.14 bits per heavy atom. The Hall–Kier alpha value is -2.75. The molecule has 1 aromatic heterocycles. The second-order valence-corrected chi connectivity index (χ2v) is 8.89. The van der Waals surface area contributed by atoms with Crippen LogP contribution < -0.4 is 10.6 Å². The van der Waals surface area contributed by atoms with E-state index in [1.54, 1.807) is 36.5 Å². The van der Waals surface area contributed by atoms with E-state index in [-0.39, 0.29) is 10.8 Å². The minimum absolute atomic E-state index is 0.0563. The average Bonchev–Trinajstić information content (AvgIpc) is 2.94. The molecule has 0 unspecified atom stereocenters. The van der Waals surface area contributed by atoms with Gasteiger partial charge in [-0.15, -0.1) is 0 Å². The highest BCUT2D eigenvalue weighted by Gasteiger charge is 2.12. The van der Waals surface area contributed by atoms with Crippen molar-refractivity contribution in [3.8, 4) is 5.69 Å². The molecule has 1 amide bonds. The molecule has 0 saturated carbocycles. The summed E-state index contributed by atoms with van der Waals surface area (Å²) in [6.07, 6.45) is 1.58. The van der Waals surface area contributed by atoms with Crippen molar-refractivity contribution >= 4 is 38.1 Å². The summed E-state index contributed by atoms with van der Waals surface area (Å²) in [7, 11) is -3.74. The van der Waals surface area contributed by atoms with Crippen LogP contribution in [0.15, 0.2) is 69.1 Å². The first-order chi connectivity index (χ1) is 13.7. The number of nitrogens with one attached hydrogen (secondary N) is 1. The molecule has 150 valence electrons. The molecule has 0 aliphatic rings. The molecular formula is C20H19BrN4O3S. The van der Waals surface area contributed by atoms with E-state index in [2.05, 4.69) is 26.5 Å². The molecule has 1 heterocycles. The van der Waals surface area contributed by atoms with Gasteiger partial charge in [0.05, 0.1) is 11.1 Å². The quantitative estimate of drug-likeness (QED) is 0.437. The summed E-state index contributed by atoms with van der Waals surface area (Å²) >= 11 is 3.33. The van der Waals surface area contributed by atoms with E-state index < -0.39 is 10.0 Å². The number of primary sulfonamides is 1. The highest BCUT2D eigenvalue weighted by atomic mass is 79.9. The number of hydrazone groups is 1. The standard InChI is InChI=1S/C20H19BrN4O3S/c1-13-10-16(12-23-24-20(26)15-4-3-5-17(21)11-15)14(2)25(13)18-6-8-19(9-7-18)29(22,27)28/h3-12H,1-2H3,(H,24,26)(H2,22,27,28)/b23-12-. The predicted octanol–water partition coefficient (Wildman–Crippen LogP) is 3.27. The molecule has 0 radical (unpaired) electrons. The second-order valence-electron chi connectivity index (χ2n) is 6.41. The number of nitrogens with two attached hydrogens (primary N) is 1. The monoisotopic (exact) mass is 474 g/mol. The molecule has 3 rings (SSSR count). The Balaban J connectivity index is 1.80. The minimum atomic E-state index is -3.74. The lowest BCUT2D eigenvalue weighted by Crippen LogP contribution is -2.17. The molecule has 3 aromatic rings. The lowest BCUT2D eigenvalue weighted by Gasteiger charge is -2.10. The summed E-state index contributed by atoms with van der Waals surface area (Å²) in [6, 6.07) is 15.3. The fraction of sp³-hybridized carbons (Fsp3) is 0.100. The number of aromatic nitrogens is 1. The third-order valence-corrected chi connectivity index (χ3v) is 5.77. The van der Waals surface area contributed by atoms with Crippen LogP contribution in [0.5, 0.6) is 0 Å². The molecular weight excluding hydrogens is 456 g/mol. The fourth-order valence-electron chi connectivity index (χ4n) is 2.96. The van der Waals surface area contributed by atoms with Crippen LogP contribution >= 0.6 is 15.9 Å². The van der Waals surface area contributed by atoms with Crippen LogP contribution in [0.1, 0.15) is 27.3 Å². The van der Waals surface area contributed by atoms with E-state index in [1.807, 2.05) is 30.5 Å². The molecule has 0 fully saturated rings. The molecule has 3 N–H and O–H groups in total. The Morgan fingerprint density at radius 3 is 2.45 bits per heavy atom. The molecule has 29 heavy (non-hydrogen) atoms. The largest absolute Gasteiger partial charge is 0.318 e. The molecule has 0 aliphatic heterocycles. The van der Waals surface area contributed by atoms with Gasteiger partial charge in [0.15, 0.2) is 0 Å². The van der Waals surface area contributed by atoms with Crippen molar-refractivity contribution < 1.29 is 13.2 Å². The van der Waals surface area contributed by atoms with Crippen molar-refractivity contribution in [1.82, 2.24) is 9.99 Å². The van der Waals surface area contributed by atoms with E-state index in [1.165, 1.54) is 12.1 Å². The Labute approximate surface area is 177 Å². The zero-order valence-electron chi connectivity index (χ0n) is 15.8. The Kier molecular flexibility index (Phi) is 6.02. The minimum Gasteiger partial charge on any atom is -0.318 e. The van der Waals surface area contributed by atoms with Crippen LogP contribution in [0.3, 0.4) is 0 Å². The van der Waals surface area contributed by atoms with Gasteiger partial charge in [-0.25, -0.2) is 19.0 Å². The maximum Gasteiger partial charge on any atom is 0.271 e. The van der Waals surface area contributed by atoms with Crippen LogP contribution in [0.2, 0.25) is 0 Å². The Bertz CT molecular complexity index is 1200. The van der Waals surface area contributed by atoms with Gasteiger partial charge >= 0.3 is 0 Å². The number of carbonyl (C=O) groups is 1. The van der Waals surface area contributed by atoms with Crippen molar-refractivity contribution in [1.29, 1.82) is 0 Å². The summed E-state index contributed by atoms with van der Waals surface area (Å²) in [5, 5.41) is 9.20. The smallest absolute Gasteiger partial charge is 0.271 e. The first-order valence-electron chi connectivity index (χ1n) is 8.58. The van der Waals surface area contributed by atoms with E-state index in [0.717, 1.165) is 27.1 Å². The van der Waals surface area contributed by atoms with E-state index in [9.17, 15) is 13.2 Å². The zero-order valence-corrected chi connectivity index (χ0v) is 18.2. The van der Waals surface area contributed by atoms with E-state index >= 15 is 0 Å². The van der Waals surface area contributed by atoms with E-state index in [4.69, 9.17) is 5.14 Å². The molecule has 2 aromatic carbocycles. The second kappa shape index (κ2) is 8.32. The van der Waals surface area contributed by atoms with Crippen molar-refractivity contribution in [3.63, 3.8) is 0 Å². The van der Waals surface area contributed by atoms with Crippen molar-refractivity contribution in [3.05, 3.63) is 81.6 Å². The first-order valence-corrected chi connectivity index (χ1v) is 10.9. The highest BCUT2D eigenvalue weighted by molar-refractivity contribution is 9.10. The normalized spacial score (nSPS) is 11.7. The maximum absolute atomic E-state index is 12.2. The number of halogens is 1. The van der Waals surface area contributed by atoms with Gasteiger partial charge in [0, 0.05) is 32.7 Å². The van der Waals surface area contributed by atoms with Crippen LogP contribution in [0.4, 0.5) is 0 Å². The summed E-state index contributed by atoms with van der Waals surface area (Å²) in [4.78, 5) is 12.2. The van der Waals surface area contributed by atoms with Crippen LogP contribution in [-0.2, 0) is 10.0 Å². The van der Waals surface area contributed by atoms with E-state index in [0.29, 0.717) is 5.56 Å². The molecule has 0 spiro atoms. The number of amides is 1. The first kappa shape index (κ1) is 21.0. The SMILES string of the molecule is Cc1cc(/C=N\NC(=O)c2cccc(Br)c2)c(C)n1-c1ccc(S(N)(=O)=O)cc1. The average molecular weight is 475 g/mol. The number of aryl methyl sites for hydroxylation is 1. The number of benzene rings is 2. The number of carbonyl (C=O) groups excluding carboxylic acids is 1. The number of nitrogens with zero attached hydrogens (tertiary/aromatic N) is 2. The third kappa shape index (κ3) is 4.81. The van der Waals surface area contributed by atoms with Gasteiger partial charge < -0.3 is 4.57 Å². The summed E-state index contributed by atoms with van der Waals surface area (Å²) in [5.74, 6) is -0.310. The molecule has 9 heteroatoms. The number of hydrogen-bond acceptors (Lipinski definition) is 4. The highest BCUT2D eigenvalue weighted by Crippen LogP contribution is 2.21. The van der Waals surface area contributed by atoms with Gasteiger partial charge in [-0.05, 0) is 62.4 Å².